The van der Waals surface area contributed by atoms with Gasteiger partial charge in [0.15, 0.2) is 12.9 Å². The van der Waals surface area contributed by atoms with Crippen LogP contribution in [0.15, 0.2) is 73.3 Å². The number of ketones is 1. The number of nitrogens with two attached hydrogens (primary N) is 1. The van der Waals surface area contributed by atoms with Crippen LogP contribution in [0.4, 0.5) is 5.82 Å². The van der Waals surface area contributed by atoms with Crippen molar-refractivity contribution >= 4 is 30.0 Å². The van der Waals surface area contributed by atoms with Gasteiger partial charge >= 0.3 is 0 Å². The first-order valence-electron chi connectivity index (χ1n) is 11.0. The fraction of sp³-hybridized carbons (Fsp3) is 0.115. The summed E-state index contributed by atoms with van der Waals surface area (Å²) >= 11 is 0. The molecule has 0 amide bonds. The molecular formula is C26H22BN6O. The van der Waals surface area contributed by atoms with Crippen molar-refractivity contribution in [1.82, 2.24) is 24.6 Å². The third-order valence-electron chi connectivity index (χ3n) is 5.72. The maximum atomic E-state index is 11.5. The van der Waals surface area contributed by atoms with Crippen molar-refractivity contribution in [2.45, 2.75) is 20.2 Å². The van der Waals surface area contributed by atoms with E-state index in [0.29, 0.717) is 17.9 Å². The Morgan fingerprint density at radius 3 is 2.44 bits per heavy atom. The lowest BCUT2D eigenvalue weighted by Crippen LogP contribution is -2.24. The SMILES string of the molecule is C[B]c1c(-c2ccc(CC(C)=O)cc2)nc2c(-c3ccc(-c4cccnc4)nc3)cnn2c1N. The Bertz CT molecular complexity index is 1480. The van der Waals surface area contributed by atoms with Crippen LogP contribution in [0.1, 0.15) is 12.5 Å². The second-order valence-electron chi connectivity index (χ2n) is 8.09. The van der Waals surface area contributed by atoms with Crippen LogP contribution in [-0.4, -0.2) is 37.6 Å². The minimum absolute atomic E-state index is 0.131. The highest BCUT2D eigenvalue weighted by Gasteiger charge is 2.18. The maximum Gasteiger partial charge on any atom is 0.165 e. The van der Waals surface area contributed by atoms with E-state index in [-0.39, 0.29) is 5.78 Å². The highest BCUT2D eigenvalue weighted by Crippen LogP contribution is 2.28. The summed E-state index contributed by atoms with van der Waals surface area (Å²) in [5.74, 6) is 0.646. The molecule has 34 heavy (non-hydrogen) atoms. The zero-order valence-electron chi connectivity index (χ0n) is 18.9. The van der Waals surface area contributed by atoms with Crippen LogP contribution in [-0.2, 0) is 11.2 Å². The topological polar surface area (TPSA) is 99.1 Å². The number of rotatable bonds is 6. The number of Topliss-reactive ketones (excluding diaryl/α,β-unsaturated/α-hetero) is 1. The van der Waals surface area contributed by atoms with Crippen LogP contribution in [0.3, 0.4) is 0 Å². The first-order chi connectivity index (χ1) is 16.5. The van der Waals surface area contributed by atoms with Crippen LogP contribution >= 0.6 is 0 Å². The van der Waals surface area contributed by atoms with Gasteiger partial charge in [-0.05, 0) is 41.7 Å². The van der Waals surface area contributed by atoms with Gasteiger partial charge in [-0.25, -0.2) is 4.98 Å². The molecule has 4 aromatic heterocycles. The van der Waals surface area contributed by atoms with Crippen molar-refractivity contribution < 1.29 is 4.79 Å². The molecule has 1 aromatic carbocycles. The quantitative estimate of drug-likeness (QED) is 0.401. The molecule has 0 spiro atoms. The van der Waals surface area contributed by atoms with Crippen molar-refractivity contribution in [3.63, 3.8) is 0 Å². The lowest BCUT2D eigenvalue weighted by Gasteiger charge is -2.13. The van der Waals surface area contributed by atoms with Gasteiger partial charge < -0.3 is 5.73 Å². The zero-order chi connectivity index (χ0) is 23.7. The van der Waals surface area contributed by atoms with Crippen LogP contribution in [0.25, 0.3) is 39.3 Å². The number of hydrogen-bond donors (Lipinski definition) is 1. The number of aromatic nitrogens is 5. The molecule has 0 aliphatic carbocycles. The van der Waals surface area contributed by atoms with Crippen molar-refractivity contribution in [3.05, 3.63) is 78.9 Å². The smallest absolute Gasteiger partial charge is 0.165 e. The van der Waals surface area contributed by atoms with Gasteiger partial charge in [-0.3, -0.25) is 14.8 Å². The third kappa shape index (κ3) is 3.94. The molecule has 0 aliphatic rings. The normalized spacial score (nSPS) is 11.0. The molecule has 0 unspecified atom stereocenters. The van der Waals surface area contributed by atoms with E-state index >= 15 is 0 Å². The van der Waals surface area contributed by atoms with Gasteiger partial charge in [0.1, 0.15) is 11.6 Å². The molecule has 0 bridgehead atoms. The highest BCUT2D eigenvalue weighted by atomic mass is 16.1. The second-order valence-corrected chi connectivity index (χ2v) is 8.09. The molecule has 5 aromatic rings. The highest BCUT2D eigenvalue weighted by molar-refractivity contribution is 6.56. The standard InChI is InChI=1S/C26H22BN6O/c1-16(34)12-17-5-7-18(8-6-17)24-23(27-2)25(28)33-26(32-24)21(15-31-33)19-9-10-22(30-14-19)20-4-3-11-29-13-20/h3-11,13-15H,12,28H2,1-2H3. The van der Waals surface area contributed by atoms with Crippen molar-refractivity contribution in [3.8, 4) is 33.6 Å². The Kier molecular flexibility index (Phi) is 5.63. The number of fused-ring (bicyclic) bond motifs is 1. The molecule has 0 aliphatic heterocycles. The average molecular weight is 445 g/mol. The first kappa shape index (κ1) is 21.5. The summed E-state index contributed by atoms with van der Waals surface area (Å²) in [5, 5.41) is 4.50. The van der Waals surface area contributed by atoms with Gasteiger partial charge in [-0.1, -0.05) is 37.2 Å². The molecule has 1 radical (unpaired) electrons. The minimum Gasteiger partial charge on any atom is -0.384 e. The van der Waals surface area contributed by atoms with Crippen LogP contribution in [0, 0.1) is 0 Å². The number of carbonyl (C=O) groups excluding carboxylic acids is 1. The van der Waals surface area contributed by atoms with Crippen molar-refractivity contribution in [2.75, 3.05) is 5.73 Å². The van der Waals surface area contributed by atoms with Gasteiger partial charge in [0, 0.05) is 41.7 Å². The molecular weight excluding hydrogens is 423 g/mol. The van der Waals surface area contributed by atoms with E-state index in [1.54, 1.807) is 30.0 Å². The average Bonchev–Trinajstić information content (AvgIpc) is 3.29. The van der Waals surface area contributed by atoms with E-state index in [2.05, 4.69) is 15.1 Å². The molecule has 7 nitrogen and oxygen atoms in total. The summed E-state index contributed by atoms with van der Waals surface area (Å²) < 4.78 is 1.66. The van der Waals surface area contributed by atoms with Gasteiger partial charge in [-0.15, -0.1) is 0 Å². The molecule has 4 heterocycles. The summed E-state index contributed by atoms with van der Waals surface area (Å²) in [6, 6.07) is 15.7. The summed E-state index contributed by atoms with van der Waals surface area (Å²) in [5.41, 5.74) is 14.2. The fourth-order valence-electron chi connectivity index (χ4n) is 4.04. The third-order valence-corrected chi connectivity index (χ3v) is 5.72. The molecule has 165 valence electrons. The molecule has 0 saturated carbocycles. The monoisotopic (exact) mass is 445 g/mol. The number of nitrogen functional groups attached to an aromatic ring is 1. The first-order valence-corrected chi connectivity index (χ1v) is 11.0. The summed E-state index contributed by atoms with van der Waals surface area (Å²) in [7, 11) is 1.94. The largest absolute Gasteiger partial charge is 0.384 e. The number of hydrogen-bond acceptors (Lipinski definition) is 6. The van der Waals surface area contributed by atoms with Gasteiger partial charge in [0.2, 0.25) is 0 Å². The van der Waals surface area contributed by atoms with E-state index in [9.17, 15) is 4.79 Å². The summed E-state index contributed by atoms with van der Waals surface area (Å²) in [6.07, 6.45) is 7.52. The predicted molar refractivity (Wildman–Crippen MR) is 135 cm³/mol. The lowest BCUT2D eigenvalue weighted by molar-refractivity contribution is -0.116. The Labute approximate surface area is 198 Å². The molecule has 2 N–H and O–H groups in total. The van der Waals surface area contributed by atoms with Crippen LogP contribution in [0.5, 0.6) is 0 Å². The number of anilines is 1. The zero-order valence-corrected chi connectivity index (χ0v) is 18.9. The number of nitrogens with zero attached hydrogens (tertiary/aromatic N) is 5. The molecule has 8 heteroatoms. The molecule has 0 fully saturated rings. The molecule has 0 atom stereocenters. The predicted octanol–water partition coefficient (Wildman–Crippen LogP) is 3.61. The van der Waals surface area contributed by atoms with E-state index in [1.165, 1.54) is 0 Å². The lowest BCUT2D eigenvalue weighted by atomic mass is 9.71. The summed E-state index contributed by atoms with van der Waals surface area (Å²) in [6.45, 7) is 3.52. The fourth-order valence-corrected chi connectivity index (χ4v) is 4.04. The van der Waals surface area contributed by atoms with Crippen LogP contribution < -0.4 is 11.2 Å². The Balaban J connectivity index is 1.59. The van der Waals surface area contributed by atoms with Gasteiger partial charge in [0.05, 0.1) is 17.6 Å². The second kappa shape index (κ2) is 8.90. The minimum atomic E-state index is 0.131. The molecule has 0 saturated heterocycles. The van der Waals surface area contributed by atoms with E-state index < -0.39 is 0 Å². The van der Waals surface area contributed by atoms with Gasteiger partial charge in [0.25, 0.3) is 0 Å². The Hall–Kier alpha value is -4.33. The Morgan fingerprint density at radius 2 is 1.79 bits per heavy atom. The van der Waals surface area contributed by atoms with Crippen LogP contribution in [0.2, 0.25) is 6.82 Å². The Morgan fingerprint density at radius 1 is 1.00 bits per heavy atom. The van der Waals surface area contributed by atoms with Gasteiger partial charge in [-0.2, -0.15) is 9.61 Å². The maximum absolute atomic E-state index is 11.5. The summed E-state index contributed by atoms with van der Waals surface area (Å²) in [4.78, 5) is 25.2. The van der Waals surface area contributed by atoms with E-state index in [4.69, 9.17) is 10.7 Å². The molecule has 5 rings (SSSR count). The van der Waals surface area contributed by atoms with E-state index in [0.717, 1.165) is 44.7 Å². The van der Waals surface area contributed by atoms with E-state index in [1.807, 2.05) is 68.8 Å². The number of carbonyl (C=O) groups is 1. The number of pyridine rings is 2. The van der Waals surface area contributed by atoms with Crippen molar-refractivity contribution in [2.24, 2.45) is 0 Å². The number of benzene rings is 1. The van der Waals surface area contributed by atoms with Crippen molar-refractivity contribution in [1.29, 1.82) is 0 Å².